The molecule has 2 rings (SSSR count). The van der Waals surface area contributed by atoms with E-state index >= 15 is 0 Å². The lowest BCUT2D eigenvalue weighted by Gasteiger charge is -2.18. The van der Waals surface area contributed by atoms with Crippen molar-refractivity contribution >= 4 is 33.4 Å². The number of ether oxygens (including phenoxy) is 1. The minimum absolute atomic E-state index is 0.0462. The topological polar surface area (TPSA) is 119 Å². The summed E-state index contributed by atoms with van der Waals surface area (Å²) < 4.78 is 31.5. The minimum atomic E-state index is -3.96. The molecular formula is C22H26N2O6S. The summed E-state index contributed by atoms with van der Waals surface area (Å²) in [6, 6.07) is 12.5. The van der Waals surface area contributed by atoms with Crippen molar-refractivity contribution in [3.05, 3.63) is 59.7 Å². The molecule has 0 atom stereocenters. The zero-order valence-corrected chi connectivity index (χ0v) is 18.7. The molecule has 2 N–H and O–H groups in total. The summed E-state index contributed by atoms with van der Waals surface area (Å²) in [6.45, 7) is 6.41. The zero-order chi connectivity index (χ0) is 23.2. The van der Waals surface area contributed by atoms with Gasteiger partial charge in [0.1, 0.15) is 6.54 Å². The number of benzene rings is 2. The number of Topliss-reactive ketones (excluding diaryl/α,β-unsaturated/α-hetero) is 1. The second-order valence-electron chi connectivity index (χ2n) is 7.94. The average Bonchev–Trinajstić information content (AvgIpc) is 2.70. The van der Waals surface area contributed by atoms with Crippen LogP contribution in [0.25, 0.3) is 0 Å². The molecule has 31 heavy (non-hydrogen) atoms. The normalized spacial score (nSPS) is 11.6. The first-order valence-corrected chi connectivity index (χ1v) is 11.0. The maximum Gasteiger partial charge on any atom is 0.321 e. The van der Waals surface area contributed by atoms with E-state index in [2.05, 4.69) is 30.8 Å². The first kappa shape index (κ1) is 24.2. The molecule has 0 fully saturated rings. The van der Waals surface area contributed by atoms with Crippen LogP contribution in [0.4, 0.5) is 5.69 Å². The first-order chi connectivity index (χ1) is 14.4. The van der Waals surface area contributed by atoms with Crippen LogP contribution < -0.4 is 10.0 Å². The van der Waals surface area contributed by atoms with E-state index in [-0.39, 0.29) is 22.0 Å². The van der Waals surface area contributed by atoms with Crippen LogP contribution in [0, 0.1) is 0 Å². The van der Waals surface area contributed by atoms with Crippen LogP contribution in [0.1, 0.15) is 43.6 Å². The predicted molar refractivity (Wildman–Crippen MR) is 116 cm³/mol. The van der Waals surface area contributed by atoms with Gasteiger partial charge in [0.15, 0.2) is 12.4 Å². The smallest absolute Gasteiger partial charge is 0.321 e. The van der Waals surface area contributed by atoms with Crippen LogP contribution in [0.15, 0.2) is 53.4 Å². The molecule has 0 saturated carbocycles. The third-order valence-electron chi connectivity index (χ3n) is 4.33. The second kappa shape index (κ2) is 9.84. The van der Waals surface area contributed by atoms with Crippen LogP contribution in [0.5, 0.6) is 0 Å². The van der Waals surface area contributed by atoms with E-state index in [1.54, 1.807) is 12.1 Å². The quantitative estimate of drug-likeness (QED) is 0.475. The van der Waals surface area contributed by atoms with Crippen LogP contribution in [0.3, 0.4) is 0 Å². The van der Waals surface area contributed by atoms with E-state index < -0.39 is 29.1 Å². The summed E-state index contributed by atoms with van der Waals surface area (Å²) >= 11 is 0. The summed E-state index contributed by atoms with van der Waals surface area (Å²) in [5.74, 6) is -1.54. The molecule has 0 aliphatic carbocycles. The third-order valence-corrected chi connectivity index (χ3v) is 5.75. The Labute approximate surface area is 182 Å². The molecule has 0 aromatic heterocycles. The maximum absolute atomic E-state index is 12.3. The van der Waals surface area contributed by atoms with Gasteiger partial charge >= 0.3 is 5.97 Å². The van der Waals surface area contributed by atoms with Gasteiger partial charge in [0.2, 0.25) is 15.9 Å². The van der Waals surface area contributed by atoms with Crippen molar-refractivity contribution in [2.45, 2.75) is 38.0 Å². The number of hydrogen-bond acceptors (Lipinski definition) is 6. The molecule has 0 heterocycles. The van der Waals surface area contributed by atoms with Crippen LogP contribution in [-0.2, 0) is 29.8 Å². The van der Waals surface area contributed by atoms with Crippen molar-refractivity contribution in [3.63, 3.8) is 0 Å². The molecule has 0 saturated heterocycles. The Kier molecular flexibility index (Phi) is 7.70. The van der Waals surface area contributed by atoms with Gasteiger partial charge in [-0.3, -0.25) is 14.4 Å². The highest BCUT2D eigenvalue weighted by Gasteiger charge is 2.18. The Morgan fingerprint density at radius 3 is 2.03 bits per heavy atom. The van der Waals surface area contributed by atoms with Gasteiger partial charge in [-0.15, -0.1) is 0 Å². The van der Waals surface area contributed by atoms with E-state index in [4.69, 9.17) is 4.74 Å². The summed E-state index contributed by atoms with van der Waals surface area (Å²) in [4.78, 5) is 35.0. The molecule has 0 spiro atoms. The Hall–Kier alpha value is -3.04. The van der Waals surface area contributed by atoms with Gasteiger partial charge in [0.25, 0.3) is 0 Å². The highest BCUT2D eigenvalue weighted by atomic mass is 32.2. The fourth-order valence-corrected chi connectivity index (χ4v) is 3.56. The summed E-state index contributed by atoms with van der Waals surface area (Å²) in [7, 11) is -3.96. The van der Waals surface area contributed by atoms with Crippen molar-refractivity contribution in [3.8, 4) is 0 Å². The van der Waals surface area contributed by atoms with Crippen molar-refractivity contribution in [2.75, 3.05) is 18.5 Å². The molecule has 0 bridgehead atoms. The Morgan fingerprint density at radius 2 is 1.52 bits per heavy atom. The number of amides is 1. The van der Waals surface area contributed by atoms with Gasteiger partial charge < -0.3 is 10.1 Å². The summed E-state index contributed by atoms with van der Waals surface area (Å²) in [5.41, 5.74) is 1.87. The molecule has 8 nitrogen and oxygen atoms in total. The lowest BCUT2D eigenvalue weighted by Crippen LogP contribution is -2.31. The lowest BCUT2D eigenvalue weighted by molar-refractivity contribution is -0.141. The standard InChI is InChI=1S/C22H26N2O6S/c1-15(25)24-18-9-11-19(12-10-18)31(28,29)23-13-21(27)30-14-20(26)16-5-7-17(8-6-16)22(2,3)4/h5-12,23H,13-14H2,1-4H3,(H,24,25). The van der Waals surface area contributed by atoms with E-state index in [1.807, 2.05) is 12.1 Å². The van der Waals surface area contributed by atoms with Gasteiger partial charge in [-0.2, -0.15) is 4.72 Å². The molecule has 0 radical (unpaired) electrons. The van der Waals surface area contributed by atoms with E-state index in [0.717, 1.165) is 5.56 Å². The van der Waals surface area contributed by atoms with Gasteiger partial charge in [-0.1, -0.05) is 45.0 Å². The summed E-state index contributed by atoms with van der Waals surface area (Å²) in [5, 5.41) is 2.52. The monoisotopic (exact) mass is 446 g/mol. The van der Waals surface area contributed by atoms with E-state index in [0.29, 0.717) is 11.3 Å². The Balaban J connectivity index is 1.86. The molecular weight excluding hydrogens is 420 g/mol. The van der Waals surface area contributed by atoms with Crippen LogP contribution >= 0.6 is 0 Å². The van der Waals surface area contributed by atoms with Crippen LogP contribution in [-0.4, -0.2) is 39.2 Å². The van der Waals surface area contributed by atoms with Crippen molar-refractivity contribution in [2.24, 2.45) is 0 Å². The number of rotatable bonds is 8. The second-order valence-corrected chi connectivity index (χ2v) is 9.71. The largest absolute Gasteiger partial charge is 0.456 e. The van der Waals surface area contributed by atoms with E-state index in [9.17, 15) is 22.8 Å². The number of esters is 1. The molecule has 1 amide bonds. The van der Waals surface area contributed by atoms with Crippen molar-refractivity contribution < 1.29 is 27.5 Å². The number of carbonyl (C=O) groups is 3. The van der Waals surface area contributed by atoms with Gasteiger partial charge in [0, 0.05) is 18.2 Å². The van der Waals surface area contributed by atoms with Crippen molar-refractivity contribution in [1.29, 1.82) is 0 Å². The Bertz CT molecular complexity index is 1050. The van der Waals surface area contributed by atoms with Gasteiger partial charge in [-0.25, -0.2) is 8.42 Å². The van der Waals surface area contributed by atoms with Crippen LogP contribution in [0.2, 0.25) is 0 Å². The fourth-order valence-electron chi connectivity index (χ4n) is 2.59. The van der Waals surface area contributed by atoms with Gasteiger partial charge in [0.05, 0.1) is 4.90 Å². The van der Waals surface area contributed by atoms with Crippen molar-refractivity contribution in [1.82, 2.24) is 4.72 Å². The highest BCUT2D eigenvalue weighted by Crippen LogP contribution is 2.22. The number of carbonyl (C=O) groups excluding carboxylic acids is 3. The molecule has 0 aliphatic heterocycles. The third kappa shape index (κ3) is 7.30. The number of sulfonamides is 1. The number of ketones is 1. The van der Waals surface area contributed by atoms with E-state index in [1.165, 1.54) is 31.2 Å². The lowest BCUT2D eigenvalue weighted by atomic mass is 9.86. The number of hydrogen-bond donors (Lipinski definition) is 2. The first-order valence-electron chi connectivity index (χ1n) is 9.55. The molecule has 0 aliphatic rings. The predicted octanol–water partition coefficient (Wildman–Crippen LogP) is 2.65. The zero-order valence-electron chi connectivity index (χ0n) is 17.9. The number of nitrogens with one attached hydrogen (secondary N) is 2. The maximum atomic E-state index is 12.3. The molecule has 0 unspecified atom stereocenters. The molecule has 9 heteroatoms. The molecule has 2 aromatic rings. The fraction of sp³-hybridized carbons (Fsp3) is 0.318. The average molecular weight is 447 g/mol. The van der Waals surface area contributed by atoms with Gasteiger partial charge in [-0.05, 0) is 35.2 Å². The SMILES string of the molecule is CC(=O)Nc1ccc(S(=O)(=O)NCC(=O)OCC(=O)c2ccc(C(C)(C)C)cc2)cc1. The Morgan fingerprint density at radius 1 is 0.935 bits per heavy atom. The highest BCUT2D eigenvalue weighted by molar-refractivity contribution is 7.89. The summed E-state index contributed by atoms with van der Waals surface area (Å²) in [6.07, 6.45) is 0. The molecule has 166 valence electrons. The minimum Gasteiger partial charge on any atom is -0.456 e. The number of anilines is 1. The molecule has 2 aromatic carbocycles.